The van der Waals surface area contributed by atoms with E-state index in [0.717, 1.165) is 64.6 Å². The second-order valence-electron chi connectivity index (χ2n) is 8.60. The first-order valence-electron chi connectivity index (χ1n) is 11.8. The number of guanidine groups is 1. The quantitative estimate of drug-likeness (QED) is 0.531. The van der Waals surface area contributed by atoms with E-state index in [9.17, 15) is 0 Å². The van der Waals surface area contributed by atoms with Crippen molar-refractivity contribution in [3.8, 4) is 0 Å². The third-order valence-electron chi connectivity index (χ3n) is 6.42. The average molecular weight is 395 g/mol. The molecule has 0 amide bonds. The second kappa shape index (κ2) is 12.0. The van der Waals surface area contributed by atoms with Crippen LogP contribution in [0.1, 0.15) is 58.8 Å². The monoisotopic (exact) mass is 394 g/mol. The van der Waals surface area contributed by atoms with Crippen LogP contribution in [0.3, 0.4) is 0 Å². The number of rotatable bonds is 7. The molecule has 2 atom stereocenters. The Hall–Kier alpha value is -0.850. The maximum Gasteiger partial charge on any atom is 0.193 e. The topological polar surface area (TPSA) is 49.3 Å². The molecule has 1 N–H and O–H groups in total. The fourth-order valence-electron chi connectivity index (χ4n) is 4.65. The molecule has 3 saturated heterocycles. The van der Waals surface area contributed by atoms with E-state index < -0.39 is 0 Å². The van der Waals surface area contributed by atoms with Gasteiger partial charge in [-0.2, -0.15) is 0 Å². The van der Waals surface area contributed by atoms with Gasteiger partial charge in [-0.15, -0.1) is 0 Å². The molecule has 2 unspecified atom stereocenters. The second-order valence-corrected chi connectivity index (χ2v) is 8.60. The smallest absolute Gasteiger partial charge is 0.193 e. The molecule has 0 radical (unpaired) electrons. The van der Waals surface area contributed by atoms with Crippen molar-refractivity contribution in [3.05, 3.63) is 0 Å². The summed E-state index contributed by atoms with van der Waals surface area (Å²) in [4.78, 5) is 10.0. The van der Waals surface area contributed by atoms with Crippen LogP contribution < -0.4 is 5.32 Å². The number of likely N-dealkylation sites (tertiary alicyclic amines) is 2. The molecule has 3 aliphatic heterocycles. The van der Waals surface area contributed by atoms with Gasteiger partial charge in [-0.1, -0.05) is 6.92 Å². The van der Waals surface area contributed by atoms with E-state index in [-0.39, 0.29) is 0 Å². The summed E-state index contributed by atoms with van der Waals surface area (Å²) < 4.78 is 12.0. The number of piperidine rings is 2. The predicted molar refractivity (Wildman–Crippen MR) is 115 cm³/mol. The SMILES string of the molecule is CCNC(=NCC1CCCN(CC)C1)N1CCC(OCC2CCCCO2)CC1. The fraction of sp³-hybridized carbons (Fsp3) is 0.955. The van der Waals surface area contributed by atoms with Crippen LogP contribution in [-0.4, -0.2) is 87.0 Å². The van der Waals surface area contributed by atoms with Crippen molar-refractivity contribution in [1.29, 1.82) is 0 Å². The predicted octanol–water partition coefficient (Wildman–Crippen LogP) is 2.73. The summed E-state index contributed by atoms with van der Waals surface area (Å²) in [5.74, 6) is 1.81. The summed E-state index contributed by atoms with van der Waals surface area (Å²) in [7, 11) is 0. The van der Waals surface area contributed by atoms with Gasteiger partial charge in [-0.25, -0.2) is 0 Å². The van der Waals surface area contributed by atoms with E-state index in [4.69, 9.17) is 14.5 Å². The first kappa shape index (κ1) is 21.8. The molecule has 3 fully saturated rings. The van der Waals surface area contributed by atoms with Crippen LogP contribution in [0.15, 0.2) is 4.99 Å². The van der Waals surface area contributed by atoms with Gasteiger partial charge in [-0.05, 0) is 70.9 Å². The van der Waals surface area contributed by atoms with E-state index in [1.165, 1.54) is 45.3 Å². The molecule has 0 aliphatic carbocycles. The van der Waals surface area contributed by atoms with Crippen molar-refractivity contribution < 1.29 is 9.47 Å². The third-order valence-corrected chi connectivity index (χ3v) is 6.42. The van der Waals surface area contributed by atoms with Crippen LogP contribution in [0.25, 0.3) is 0 Å². The van der Waals surface area contributed by atoms with Gasteiger partial charge in [-0.3, -0.25) is 4.99 Å². The summed E-state index contributed by atoms with van der Waals surface area (Å²) in [5.41, 5.74) is 0. The maximum atomic E-state index is 6.17. The maximum absolute atomic E-state index is 6.17. The Morgan fingerprint density at radius 2 is 1.93 bits per heavy atom. The summed E-state index contributed by atoms with van der Waals surface area (Å²) in [6.07, 6.45) is 9.16. The normalized spacial score (nSPS) is 28.5. The molecule has 0 bridgehead atoms. The van der Waals surface area contributed by atoms with Crippen LogP contribution in [0.4, 0.5) is 0 Å². The number of nitrogens with one attached hydrogen (secondary N) is 1. The molecule has 0 spiro atoms. The first-order chi connectivity index (χ1) is 13.8. The molecule has 0 saturated carbocycles. The molecule has 6 heteroatoms. The Balaban J connectivity index is 1.41. The first-order valence-corrected chi connectivity index (χ1v) is 11.8. The molecule has 0 aromatic carbocycles. The zero-order chi connectivity index (χ0) is 19.6. The van der Waals surface area contributed by atoms with Crippen molar-refractivity contribution in [2.24, 2.45) is 10.9 Å². The van der Waals surface area contributed by atoms with Crippen LogP contribution in [0.5, 0.6) is 0 Å². The number of hydrogen-bond acceptors (Lipinski definition) is 4. The van der Waals surface area contributed by atoms with Crippen LogP contribution >= 0.6 is 0 Å². The van der Waals surface area contributed by atoms with Gasteiger partial charge >= 0.3 is 0 Å². The molecule has 3 heterocycles. The van der Waals surface area contributed by atoms with Gasteiger partial charge < -0.3 is 24.6 Å². The van der Waals surface area contributed by atoms with Crippen LogP contribution in [0.2, 0.25) is 0 Å². The lowest BCUT2D eigenvalue weighted by atomic mass is 9.98. The van der Waals surface area contributed by atoms with Crippen LogP contribution in [0, 0.1) is 5.92 Å². The molecule has 162 valence electrons. The van der Waals surface area contributed by atoms with E-state index in [1.54, 1.807) is 0 Å². The minimum atomic E-state index is 0.323. The Bertz CT molecular complexity index is 459. The lowest BCUT2D eigenvalue weighted by molar-refractivity contribution is -0.0721. The standard InChI is InChI=1S/C22H42N4O2/c1-3-23-22(24-16-19-8-7-12-25(4-2)17-19)26-13-10-20(11-14-26)28-18-21-9-5-6-15-27-21/h19-21H,3-18H2,1-2H3,(H,23,24). The molecular weight excluding hydrogens is 352 g/mol. The molecule has 3 rings (SSSR count). The summed E-state index contributed by atoms with van der Waals surface area (Å²) in [6, 6.07) is 0. The molecule has 28 heavy (non-hydrogen) atoms. The van der Waals surface area contributed by atoms with Gasteiger partial charge in [0.25, 0.3) is 0 Å². The number of aliphatic imine (C=N–C) groups is 1. The Morgan fingerprint density at radius 3 is 2.64 bits per heavy atom. The lowest BCUT2D eigenvalue weighted by Gasteiger charge is -2.35. The highest BCUT2D eigenvalue weighted by Crippen LogP contribution is 2.19. The Labute approximate surface area is 172 Å². The number of ether oxygens (including phenoxy) is 2. The van der Waals surface area contributed by atoms with E-state index in [1.807, 2.05) is 0 Å². The van der Waals surface area contributed by atoms with Gasteiger partial charge in [0.05, 0.1) is 18.8 Å². The molecule has 3 aliphatic rings. The molecular formula is C22H42N4O2. The average Bonchev–Trinajstić information content (AvgIpc) is 2.76. The Kier molecular flexibility index (Phi) is 9.35. The molecule has 0 aromatic rings. The zero-order valence-corrected chi connectivity index (χ0v) is 18.2. The molecule has 0 aromatic heterocycles. The highest BCUT2D eigenvalue weighted by atomic mass is 16.5. The van der Waals surface area contributed by atoms with Gasteiger partial charge in [0.15, 0.2) is 5.96 Å². The van der Waals surface area contributed by atoms with E-state index in [0.29, 0.717) is 18.1 Å². The number of hydrogen-bond donors (Lipinski definition) is 1. The van der Waals surface area contributed by atoms with Crippen molar-refractivity contribution in [3.63, 3.8) is 0 Å². The third kappa shape index (κ3) is 6.89. The minimum absolute atomic E-state index is 0.323. The fourth-order valence-corrected chi connectivity index (χ4v) is 4.65. The highest BCUT2D eigenvalue weighted by Gasteiger charge is 2.24. The van der Waals surface area contributed by atoms with Crippen molar-refractivity contribution in [1.82, 2.24) is 15.1 Å². The number of nitrogens with zero attached hydrogens (tertiary/aromatic N) is 3. The van der Waals surface area contributed by atoms with E-state index >= 15 is 0 Å². The van der Waals surface area contributed by atoms with Crippen molar-refractivity contribution in [2.45, 2.75) is 71.0 Å². The minimum Gasteiger partial charge on any atom is -0.376 e. The Morgan fingerprint density at radius 1 is 1.07 bits per heavy atom. The van der Waals surface area contributed by atoms with Crippen molar-refractivity contribution >= 4 is 5.96 Å². The van der Waals surface area contributed by atoms with Gasteiger partial charge in [0, 0.05) is 39.3 Å². The summed E-state index contributed by atoms with van der Waals surface area (Å²) in [5, 5.41) is 3.52. The van der Waals surface area contributed by atoms with Crippen LogP contribution in [-0.2, 0) is 9.47 Å². The summed E-state index contributed by atoms with van der Waals surface area (Å²) in [6.45, 7) is 13.7. The van der Waals surface area contributed by atoms with Crippen molar-refractivity contribution in [2.75, 3.05) is 59.0 Å². The largest absolute Gasteiger partial charge is 0.376 e. The van der Waals surface area contributed by atoms with Gasteiger partial charge in [0.1, 0.15) is 0 Å². The lowest BCUT2D eigenvalue weighted by Crippen LogP contribution is -2.47. The zero-order valence-electron chi connectivity index (χ0n) is 18.2. The molecule has 6 nitrogen and oxygen atoms in total. The highest BCUT2D eigenvalue weighted by molar-refractivity contribution is 5.80. The summed E-state index contributed by atoms with van der Waals surface area (Å²) >= 11 is 0. The van der Waals surface area contributed by atoms with E-state index in [2.05, 4.69) is 29.0 Å². The van der Waals surface area contributed by atoms with Gasteiger partial charge in [0.2, 0.25) is 0 Å².